The summed E-state index contributed by atoms with van der Waals surface area (Å²) in [5, 5.41) is 8.11. The average molecular weight is 1030 g/mol. The monoisotopic (exact) mass is 1020 g/mol. The Kier molecular flexibility index (Phi) is 25.6. The van der Waals surface area contributed by atoms with E-state index in [1.807, 2.05) is 0 Å². The normalized spacial score (nSPS) is 24.7. The van der Waals surface area contributed by atoms with Gasteiger partial charge in [-0.05, 0) is 36.7 Å². The minimum Gasteiger partial charge on any atom is -0.465 e. The fourth-order valence-corrected chi connectivity index (χ4v) is 8.51. The van der Waals surface area contributed by atoms with Gasteiger partial charge in [0.05, 0.1) is 12.7 Å². The number of carbonyl (C=O) groups excluding carboxylic acids is 7. The third kappa shape index (κ3) is 19.6. The summed E-state index contributed by atoms with van der Waals surface area (Å²) in [4.78, 5) is 85.3. The van der Waals surface area contributed by atoms with Crippen LogP contribution in [0.2, 0.25) is 0 Å². The van der Waals surface area contributed by atoms with Crippen LogP contribution in [0.25, 0.3) is 0 Å². The topological polar surface area (TPSA) is 236 Å². The Morgan fingerprint density at radius 2 is 1.04 bits per heavy atom. The van der Waals surface area contributed by atoms with Crippen molar-refractivity contribution >= 4 is 82.5 Å². The summed E-state index contributed by atoms with van der Waals surface area (Å²) in [6, 6.07) is 11.2. The third-order valence-corrected chi connectivity index (χ3v) is 11.5. The molecule has 1 heterocycles. The fraction of sp³-hybridized carbons (Fsp3) is 0.702. The second-order valence-corrected chi connectivity index (χ2v) is 19.0. The van der Waals surface area contributed by atoms with Crippen LogP contribution in [-0.4, -0.2) is 120 Å². The van der Waals surface area contributed by atoms with E-state index in [4.69, 9.17) is 87.6 Å². The maximum absolute atomic E-state index is 12.4. The molecule has 0 radical (unpaired) electrons. The second kappa shape index (κ2) is 29.1. The quantitative estimate of drug-likeness (QED) is 0.0407. The highest BCUT2D eigenvalue weighted by atomic mass is 35.6. The fourth-order valence-electron chi connectivity index (χ4n) is 8.38. The Morgan fingerprint density at radius 1 is 0.574 bits per heavy atom. The van der Waals surface area contributed by atoms with E-state index in [2.05, 4.69) is 51.1 Å². The highest BCUT2D eigenvalue weighted by molar-refractivity contribution is 6.76. The van der Waals surface area contributed by atoms with Crippen LogP contribution in [0.3, 0.4) is 0 Å². The lowest BCUT2D eigenvalue weighted by molar-refractivity contribution is -0.312. The number of ether oxygens (including phenoxy) is 10. The number of benzene rings is 1. The second-order valence-electron chi connectivity index (χ2n) is 16.7. The zero-order valence-corrected chi connectivity index (χ0v) is 42.8. The summed E-state index contributed by atoms with van der Waals surface area (Å²) in [5.74, 6) is -7.95. The van der Waals surface area contributed by atoms with Gasteiger partial charge < -0.3 is 47.4 Å². The summed E-state index contributed by atoms with van der Waals surface area (Å²) in [7, 11) is 0. The molecule has 1 saturated carbocycles. The van der Waals surface area contributed by atoms with E-state index < -0.39 is 126 Å². The van der Waals surface area contributed by atoms with E-state index in [1.165, 1.54) is 51.4 Å². The standard InChI is InChI=1S/C29H38Cl3NO17.C18H30/c1-11(34)41-9-18-8-19(22(44-14(4)37)24(46-16(6)39)21(18)43-13(3)36)48-25-23(45-15(5)38)20(10-42-12(2)35)49-27(26(25)47-17(7)40)50-28(33)29(30,31)32;1-4-7-15-18(14-6-3,16-8-5-2)17-12-10-9-11-13-17/h18-27,33H,8-10H2,1-7H3;9-13H,4-8,14-16H2,1-3H3. The molecule has 3 rings (SSSR count). The summed E-state index contributed by atoms with van der Waals surface area (Å²) in [6.07, 6.45) is -3.83. The van der Waals surface area contributed by atoms with Crippen LogP contribution < -0.4 is 0 Å². The number of hydrogen-bond donors (Lipinski definition) is 1. The van der Waals surface area contributed by atoms with Crippen LogP contribution in [0.4, 0.5) is 0 Å². The predicted octanol–water partition coefficient (Wildman–Crippen LogP) is 7.74. The van der Waals surface area contributed by atoms with Gasteiger partial charge in [0, 0.05) is 54.4 Å². The lowest BCUT2D eigenvalue weighted by atomic mass is 9.70. The molecule has 1 saturated heterocycles. The molecule has 2 aliphatic rings. The number of esters is 7. The maximum Gasteiger partial charge on any atom is 0.303 e. The first-order chi connectivity index (χ1) is 31.9. The highest BCUT2D eigenvalue weighted by Crippen LogP contribution is 2.41. The zero-order valence-electron chi connectivity index (χ0n) is 40.5. The van der Waals surface area contributed by atoms with Crippen molar-refractivity contribution in [2.45, 2.75) is 191 Å². The van der Waals surface area contributed by atoms with Gasteiger partial charge >= 0.3 is 41.8 Å². The smallest absolute Gasteiger partial charge is 0.303 e. The van der Waals surface area contributed by atoms with E-state index >= 15 is 0 Å². The summed E-state index contributed by atoms with van der Waals surface area (Å²) >= 11 is 17.4. The van der Waals surface area contributed by atoms with Crippen LogP contribution in [0.15, 0.2) is 30.3 Å². The Labute approximate surface area is 413 Å². The highest BCUT2D eigenvalue weighted by Gasteiger charge is 2.58. The molecule has 18 nitrogen and oxygen atoms in total. The van der Waals surface area contributed by atoms with Gasteiger partial charge in [-0.2, -0.15) is 0 Å². The van der Waals surface area contributed by atoms with Crippen molar-refractivity contribution in [3.05, 3.63) is 35.9 Å². The maximum atomic E-state index is 12.4. The van der Waals surface area contributed by atoms with Crippen LogP contribution in [0.5, 0.6) is 0 Å². The molecule has 0 amide bonds. The van der Waals surface area contributed by atoms with Crippen LogP contribution in [-0.2, 0) is 86.3 Å². The van der Waals surface area contributed by atoms with E-state index in [0.717, 1.165) is 48.5 Å². The molecule has 21 heteroatoms. The first-order valence-electron chi connectivity index (χ1n) is 22.7. The molecule has 0 aromatic heterocycles. The van der Waals surface area contributed by atoms with E-state index in [0.29, 0.717) is 5.41 Å². The van der Waals surface area contributed by atoms with Gasteiger partial charge in [-0.15, -0.1) is 0 Å². The molecule has 2 fully saturated rings. The van der Waals surface area contributed by atoms with Crippen LogP contribution >= 0.6 is 34.8 Å². The summed E-state index contributed by atoms with van der Waals surface area (Å²) in [6.45, 7) is 13.3. The number of hydrogen-bond acceptors (Lipinski definition) is 18. The summed E-state index contributed by atoms with van der Waals surface area (Å²) in [5.41, 5.74) is 2.02. The molecule has 0 spiro atoms. The Bertz CT molecular complexity index is 1820. The molecule has 384 valence electrons. The number of alkyl halides is 3. The number of carbonyl (C=O) groups is 7. The molecule has 68 heavy (non-hydrogen) atoms. The lowest BCUT2D eigenvalue weighted by Crippen LogP contribution is -2.66. The van der Waals surface area contributed by atoms with E-state index in [1.54, 1.807) is 5.56 Å². The van der Waals surface area contributed by atoms with Gasteiger partial charge in [0.2, 0.25) is 12.2 Å². The minimum atomic E-state index is -2.45. The molecule has 1 aromatic rings. The van der Waals surface area contributed by atoms with Crippen molar-refractivity contribution < 1.29 is 80.9 Å². The molecule has 0 bridgehead atoms. The van der Waals surface area contributed by atoms with Gasteiger partial charge in [0.1, 0.15) is 24.9 Å². The van der Waals surface area contributed by atoms with Gasteiger partial charge in [0.15, 0.2) is 24.4 Å². The molecular weight excluding hydrogens is 957 g/mol. The number of nitrogens with one attached hydrogen (secondary N) is 1. The van der Waals surface area contributed by atoms with E-state index in [-0.39, 0.29) is 6.42 Å². The van der Waals surface area contributed by atoms with Crippen molar-refractivity contribution in [1.29, 1.82) is 5.41 Å². The third-order valence-electron chi connectivity index (χ3n) is 11.0. The van der Waals surface area contributed by atoms with Crippen LogP contribution in [0.1, 0.15) is 133 Å². The molecule has 1 aliphatic carbocycles. The molecule has 1 N–H and O–H groups in total. The number of unbranched alkanes of at least 4 members (excludes halogenated alkanes) is 2. The molecule has 10 atom stereocenters. The number of rotatable bonds is 21. The predicted molar refractivity (Wildman–Crippen MR) is 248 cm³/mol. The Balaban J connectivity index is 0.000000734. The molecule has 10 unspecified atom stereocenters. The molecule has 1 aromatic carbocycles. The first kappa shape index (κ1) is 59.9. The van der Waals surface area contributed by atoms with Crippen molar-refractivity contribution in [1.82, 2.24) is 0 Å². The lowest BCUT2D eigenvalue weighted by Gasteiger charge is -2.49. The van der Waals surface area contributed by atoms with Gasteiger partial charge in [-0.25, -0.2) is 0 Å². The van der Waals surface area contributed by atoms with Crippen molar-refractivity contribution in [3.8, 4) is 0 Å². The largest absolute Gasteiger partial charge is 0.465 e. The molecule has 1 aliphatic heterocycles. The van der Waals surface area contributed by atoms with Crippen molar-refractivity contribution in [2.75, 3.05) is 13.2 Å². The van der Waals surface area contributed by atoms with Gasteiger partial charge in [-0.3, -0.25) is 39.0 Å². The van der Waals surface area contributed by atoms with Crippen molar-refractivity contribution in [3.63, 3.8) is 0 Å². The average Bonchev–Trinajstić information content (AvgIpc) is 3.23. The zero-order chi connectivity index (χ0) is 51.4. The first-order valence-corrected chi connectivity index (χ1v) is 23.8. The molecular formula is C47H68Cl3NO17. The van der Waals surface area contributed by atoms with Crippen LogP contribution in [0, 0.1) is 11.3 Å². The van der Waals surface area contributed by atoms with E-state index in [9.17, 15) is 33.6 Å². The van der Waals surface area contributed by atoms with Crippen molar-refractivity contribution in [2.24, 2.45) is 5.92 Å². The Morgan fingerprint density at radius 3 is 1.51 bits per heavy atom. The van der Waals surface area contributed by atoms with Gasteiger partial charge in [-0.1, -0.05) is 118 Å². The Hall–Kier alpha value is -4.23. The number of halogens is 3. The minimum absolute atomic E-state index is 0.262. The SMILES string of the molecule is CC(=O)OCC1CC(OC2C(OC(C)=O)C(COC(C)=O)OC(OC(=N)C(Cl)(Cl)Cl)C2OC(C)=O)C(OC(C)=O)C(OC(C)=O)C1OC(C)=O.CCCCC(CCC)(CCCC)c1ccccc1. The summed E-state index contributed by atoms with van der Waals surface area (Å²) < 4.78 is 53.1. The van der Waals surface area contributed by atoms with Gasteiger partial charge in [0.25, 0.3) is 3.79 Å².